The van der Waals surface area contributed by atoms with Crippen LogP contribution in [-0.2, 0) is 4.79 Å². The standard InChI is InChI=1S/C11H14OS/c1-13-11-9-5-3-2-4-8(9)6-7-10(11)12/h2-3,5,8,11H,4,6-7H2,1H3. The van der Waals surface area contributed by atoms with Crippen molar-refractivity contribution in [1.29, 1.82) is 0 Å². The Hall–Kier alpha value is -0.500. The Labute approximate surface area is 83.3 Å². The van der Waals surface area contributed by atoms with E-state index in [-0.39, 0.29) is 5.25 Å². The summed E-state index contributed by atoms with van der Waals surface area (Å²) in [6, 6.07) is 0. The fraction of sp³-hybridized carbons (Fsp3) is 0.545. The molecule has 0 heterocycles. The van der Waals surface area contributed by atoms with Crippen LogP contribution < -0.4 is 0 Å². The molecule has 2 heteroatoms. The quantitative estimate of drug-likeness (QED) is 0.638. The summed E-state index contributed by atoms with van der Waals surface area (Å²) in [5, 5.41) is 0.156. The summed E-state index contributed by atoms with van der Waals surface area (Å²) >= 11 is 1.69. The molecule has 1 fully saturated rings. The number of hydrogen-bond acceptors (Lipinski definition) is 2. The molecule has 2 rings (SSSR count). The summed E-state index contributed by atoms with van der Waals surface area (Å²) in [7, 11) is 0. The van der Waals surface area contributed by atoms with Gasteiger partial charge in [-0.1, -0.05) is 18.2 Å². The molecular weight excluding hydrogens is 180 g/mol. The molecule has 1 saturated carbocycles. The molecule has 2 unspecified atom stereocenters. The van der Waals surface area contributed by atoms with Crippen LogP contribution in [0.25, 0.3) is 0 Å². The van der Waals surface area contributed by atoms with Gasteiger partial charge in [-0.2, -0.15) is 0 Å². The lowest BCUT2D eigenvalue weighted by Crippen LogP contribution is -2.30. The number of ketones is 1. The Kier molecular flexibility index (Phi) is 2.58. The molecule has 0 aromatic carbocycles. The predicted molar refractivity (Wildman–Crippen MR) is 56.9 cm³/mol. The van der Waals surface area contributed by atoms with Gasteiger partial charge in [-0.25, -0.2) is 0 Å². The highest BCUT2D eigenvalue weighted by atomic mass is 32.2. The highest BCUT2D eigenvalue weighted by Crippen LogP contribution is 2.37. The lowest BCUT2D eigenvalue weighted by molar-refractivity contribution is -0.119. The van der Waals surface area contributed by atoms with Gasteiger partial charge in [-0.15, -0.1) is 11.8 Å². The van der Waals surface area contributed by atoms with Crippen LogP contribution in [0.15, 0.2) is 23.8 Å². The lowest BCUT2D eigenvalue weighted by atomic mass is 9.79. The van der Waals surface area contributed by atoms with Crippen molar-refractivity contribution in [2.24, 2.45) is 5.92 Å². The molecule has 0 amide bonds. The van der Waals surface area contributed by atoms with Crippen LogP contribution in [0.2, 0.25) is 0 Å². The molecule has 0 bridgehead atoms. The SMILES string of the molecule is CSC1C(=O)CCC2CC=CC=C21. The molecule has 2 aliphatic rings. The fourth-order valence-electron chi connectivity index (χ4n) is 2.18. The molecule has 0 aromatic heterocycles. The number of fused-ring (bicyclic) bond motifs is 1. The van der Waals surface area contributed by atoms with Gasteiger partial charge in [-0.3, -0.25) is 4.79 Å². The Morgan fingerprint density at radius 2 is 2.38 bits per heavy atom. The number of Topliss-reactive ketones (excluding diaryl/α,β-unsaturated/α-hetero) is 1. The second-order valence-electron chi connectivity index (χ2n) is 3.65. The number of thioether (sulfide) groups is 1. The van der Waals surface area contributed by atoms with E-state index in [1.165, 1.54) is 5.57 Å². The monoisotopic (exact) mass is 194 g/mol. The van der Waals surface area contributed by atoms with Crippen molar-refractivity contribution < 1.29 is 4.79 Å². The minimum absolute atomic E-state index is 0.156. The van der Waals surface area contributed by atoms with Crippen LogP contribution in [-0.4, -0.2) is 17.3 Å². The van der Waals surface area contributed by atoms with E-state index in [1.807, 2.05) is 6.26 Å². The lowest BCUT2D eigenvalue weighted by Gasteiger charge is -2.31. The van der Waals surface area contributed by atoms with Crippen molar-refractivity contribution in [3.8, 4) is 0 Å². The second kappa shape index (κ2) is 3.70. The van der Waals surface area contributed by atoms with E-state index in [1.54, 1.807) is 11.8 Å². The first kappa shape index (κ1) is 9.07. The zero-order valence-electron chi connectivity index (χ0n) is 7.82. The van der Waals surface area contributed by atoms with Crippen molar-refractivity contribution in [2.45, 2.75) is 24.5 Å². The van der Waals surface area contributed by atoms with Gasteiger partial charge in [0.15, 0.2) is 0 Å². The minimum Gasteiger partial charge on any atom is -0.298 e. The fourth-order valence-corrected chi connectivity index (χ4v) is 3.11. The van der Waals surface area contributed by atoms with Crippen molar-refractivity contribution in [3.05, 3.63) is 23.8 Å². The Balaban J connectivity index is 2.26. The molecule has 1 nitrogen and oxygen atoms in total. The molecule has 0 N–H and O–H groups in total. The van der Waals surface area contributed by atoms with E-state index >= 15 is 0 Å². The van der Waals surface area contributed by atoms with Gasteiger partial charge in [0, 0.05) is 6.42 Å². The molecule has 13 heavy (non-hydrogen) atoms. The van der Waals surface area contributed by atoms with Gasteiger partial charge >= 0.3 is 0 Å². The van der Waals surface area contributed by atoms with Gasteiger partial charge in [-0.05, 0) is 30.6 Å². The molecule has 2 atom stereocenters. The second-order valence-corrected chi connectivity index (χ2v) is 4.59. The largest absolute Gasteiger partial charge is 0.298 e. The average molecular weight is 194 g/mol. The summed E-state index contributed by atoms with van der Waals surface area (Å²) in [6.45, 7) is 0. The molecule has 0 spiro atoms. The molecule has 0 radical (unpaired) electrons. The first-order valence-corrected chi connectivity index (χ1v) is 6.04. The maximum atomic E-state index is 11.6. The van der Waals surface area contributed by atoms with Gasteiger partial charge in [0.05, 0.1) is 5.25 Å². The summed E-state index contributed by atoms with van der Waals surface area (Å²) < 4.78 is 0. The first-order chi connectivity index (χ1) is 6.33. The molecule has 0 aliphatic heterocycles. The van der Waals surface area contributed by atoms with Crippen LogP contribution in [0.5, 0.6) is 0 Å². The van der Waals surface area contributed by atoms with Crippen molar-refractivity contribution >= 4 is 17.5 Å². The molecule has 2 aliphatic carbocycles. The van der Waals surface area contributed by atoms with Gasteiger partial charge in [0.2, 0.25) is 0 Å². The molecular formula is C11H14OS. The van der Waals surface area contributed by atoms with E-state index in [0.29, 0.717) is 11.7 Å². The smallest absolute Gasteiger partial charge is 0.149 e. The topological polar surface area (TPSA) is 17.1 Å². The van der Waals surface area contributed by atoms with Gasteiger partial charge in [0.1, 0.15) is 5.78 Å². The first-order valence-electron chi connectivity index (χ1n) is 4.75. The molecule has 70 valence electrons. The summed E-state index contributed by atoms with van der Waals surface area (Å²) in [6.07, 6.45) is 11.5. The summed E-state index contributed by atoms with van der Waals surface area (Å²) in [5.74, 6) is 1.07. The molecule has 0 saturated heterocycles. The predicted octanol–water partition coefficient (Wildman–Crippen LogP) is 2.58. The number of allylic oxidation sites excluding steroid dienone is 3. The minimum atomic E-state index is 0.156. The maximum Gasteiger partial charge on any atom is 0.149 e. The van der Waals surface area contributed by atoms with Crippen LogP contribution in [0.3, 0.4) is 0 Å². The van der Waals surface area contributed by atoms with E-state index in [4.69, 9.17) is 0 Å². The highest BCUT2D eigenvalue weighted by molar-refractivity contribution is 8.00. The van der Waals surface area contributed by atoms with Crippen molar-refractivity contribution in [1.82, 2.24) is 0 Å². The average Bonchev–Trinajstić information content (AvgIpc) is 2.18. The van der Waals surface area contributed by atoms with Crippen LogP contribution in [0, 0.1) is 5.92 Å². The van der Waals surface area contributed by atoms with E-state index < -0.39 is 0 Å². The zero-order chi connectivity index (χ0) is 9.26. The third-order valence-corrected chi connectivity index (χ3v) is 3.89. The number of hydrogen-bond donors (Lipinski definition) is 0. The maximum absolute atomic E-state index is 11.6. The van der Waals surface area contributed by atoms with Crippen molar-refractivity contribution in [2.75, 3.05) is 6.26 Å². The van der Waals surface area contributed by atoms with Gasteiger partial charge in [0.25, 0.3) is 0 Å². The Morgan fingerprint density at radius 1 is 1.54 bits per heavy atom. The van der Waals surface area contributed by atoms with Crippen LogP contribution in [0.1, 0.15) is 19.3 Å². The van der Waals surface area contributed by atoms with Crippen LogP contribution in [0.4, 0.5) is 0 Å². The summed E-state index contributed by atoms with van der Waals surface area (Å²) in [4.78, 5) is 11.6. The number of carbonyl (C=O) groups is 1. The third kappa shape index (κ3) is 1.60. The van der Waals surface area contributed by atoms with E-state index in [2.05, 4.69) is 18.2 Å². The highest BCUT2D eigenvalue weighted by Gasteiger charge is 2.32. The Bertz CT molecular complexity index is 278. The number of carbonyl (C=O) groups excluding carboxylic acids is 1. The van der Waals surface area contributed by atoms with Gasteiger partial charge < -0.3 is 0 Å². The van der Waals surface area contributed by atoms with E-state index in [9.17, 15) is 4.79 Å². The number of rotatable bonds is 1. The summed E-state index contributed by atoms with van der Waals surface area (Å²) in [5.41, 5.74) is 1.37. The molecule has 0 aromatic rings. The van der Waals surface area contributed by atoms with Crippen molar-refractivity contribution in [3.63, 3.8) is 0 Å². The normalized spacial score (nSPS) is 32.7. The zero-order valence-corrected chi connectivity index (χ0v) is 8.64. The van der Waals surface area contributed by atoms with Crippen LogP contribution >= 0.6 is 11.8 Å². The van der Waals surface area contributed by atoms with E-state index in [0.717, 1.165) is 19.3 Å². The Morgan fingerprint density at radius 3 is 3.15 bits per heavy atom. The third-order valence-electron chi connectivity index (χ3n) is 2.89.